The summed E-state index contributed by atoms with van der Waals surface area (Å²) in [6.07, 6.45) is 2.11. The van der Waals surface area contributed by atoms with E-state index in [-0.39, 0.29) is 18.4 Å². The first-order valence-electron chi connectivity index (χ1n) is 4.28. The quantitative estimate of drug-likeness (QED) is 0.604. The van der Waals surface area contributed by atoms with Gasteiger partial charge in [0.05, 0.1) is 12.4 Å². The summed E-state index contributed by atoms with van der Waals surface area (Å²) >= 11 is 0. The molecule has 0 bridgehead atoms. The molecule has 0 aliphatic carbocycles. The second kappa shape index (κ2) is 6.49. The number of nitrogens with one attached hydrogen (secondary N) is 1. The van der Waals surface area contributed by atoms with Gasteiger partial charge in [-0.1, -0.05) is 0 Å². The highest BCUT2D eigenvalue weighted by atomic mass is 32.2. The predicted molar refractivity (Wildman–Crippen MR) is 57.0 cm³/mol. The van der Waals surface area contributed by atoms with Crippen LogP contribution < -0.4 is 4.72 Å². The van der Waals surface area contributed by atoms with E-state index >= 15 is 0 Å². The Morgan fingerprint density at radius 1 is 1.50 bits per heavy atom. The third kappa shape index (κ3) is 7.43. The van der Waals surface area contributed by atoms with Gasteiger partial charge in [0, 0.05) is 28.9 Å². The number of hydrogen-bond acceptors (Lipinski definition) is 4. The highest BCUT2D eigenvalue weighted by molar-refractivity contribution is 7.89. The van der Waals surface area contributed by atoms with Gasteiger partial charge in [-0.2, -0.15) is 0 Å². The molecule has 86 valence electrons. The average molecular weight is 243 g/mol. The van der Waals surface area contributed by atoms with Crippen LogP contribution in [0.3, 0.4) is 0 Å². The van der Waals surface area contributed by atoms with E-state index in [2.05, 4.69) is 4.72 Å². The molecule has 0 radical (unpaired) electrons. The fourth-order valence-electron chi connectivity index (χ4n) is 0.887. The Labute approximate surface area is 87.4 Å². The van der Waals surface area contributed by atoms with Crippen molar-refractivity contribution in [2.75, 3.05) is 24.4 Å². The second-order valence-corrected chi connectivity index (χ2v) is 6.56. The molecule has 0 spiro atoms. The first-order chi connectivity index (χ1) is 6.37. The molecule has 2 atom stereocenters. The van der Waals surface area contributed by atoms with E-state index in [1.807, 2.05) is 0 Å². The fraction of sp³-hybridized carbons (Fsp3) is 1.00. The molecule has 0 saturated carbocycles. The van der Waals surface area contributed by atoms with Gasteiger partial charge >= 0.3 is 0 Å². The Bertz CT molecular complexity index is 275. The molecule has 2 unspecified atom stereocenters. The zero-order valence-electron chi connectivity index (χ0n) is 8.39. The summed E-state index contributed by atoms with van der Waals surface area (Å²) in [6.45, 7) is 1.32. The number of hydrogen-bond donors (Lipinski definition) is 2. The van der Waals surface area contributed by atoms with Crippen LogP contribution in [0.25, 0.3) is 0 Å². The summed E-state index contributed by atoms with van der Waals surface area (Å²) < 4.78 is 35.4. The normalized spacial score (nSPS) is 16.5. The van der Waals surface area contributed by atoms with Crippen molar-refractivity contribution in [3.8, 4) is 0 Å². The molecule has 0 aliphatic rings. The van der Waals surface area contributed by atoms with Crippen LogP contribution in [0, 0.1) is 0 Å². The van der Waals surface area contributed by atoms with E-state index < -0.39 is 20.8 Å². The molecule has 5 nitrogen and oxygen atoms in total. The molecular weight excluding hydrogens is 226 g/mol. The minimum atomic E-state index is -3.38. The summed E-state index contributed by atoms with van der Waals surface area (Å²) in [5.74, 6) is 0.190. The van der Waals surface area contributed by atoms with Crippen molar-refractivity contribution in [1.82, 2.24) is 4.72 Å². The standard InChI is InChI=1S/C7H17NO4S2/c1-7(3-5-13(2)10)8-14(11,12)6-4-9/h7-9H,3-6H2,1-2H3. The van der Waals surface area contributed by atoms with Gasteiger partial charge in [0.15, 0.2) is 0 Å². The van der Waals surface area contributed by atoms with Crippen LogP contribution in [0.15, 0.2) is 0 Å². The van der Waals surface area contributed by atoms with Gasteiger partial charge in [-0.15, -0.1) is 0 Å². The van der Waals surface area contributed by atoms with Gasteiger partial charge in [-0.25, -0.2) is 13.1 Å². The topological polar surface area (TPSA) is 83.5 Å². The fourth-order valence-corrected chi connectivity index (χ4v) is 2.66. The van der Waals surface area contributed by atoms with Gasteiger partial charge in [0.2, 0.25) is 10.0 Å². The molecule has 0 aliphatic heterocycles. The molecular formula is C7H17NO4S2. The van der Waals surface area contributed by atoms with Crippen molar-refractivity contribution in [3.63, 3.8) is 0 Å². The molecule has 0 heterocycles. The zero-order valence-corrected chi connectivity index (χ0v) is 10.0. The molecule has 0 saturated heterocycles. The number of rotatable bonds is 7. The number of aliphatic hydroxyl groups excluding tert-OH is 1. The van der Waals surface area contributed by atoms with Gasteiger partial charge in [0.25, 0.3) is 0 Å². The van der Waals surface area contributed by atoms with E-state index in [4.69, 9.17) is 5.11 Å². The lowest BCUT2D eigenvalue weighted by atomic mass is 10.3. The molecule has 2 N–H and O–H groups in total. The average Bonchev–Trinajstić information content (AvgIpc) is 1.99. The lowest BCUT2D eigenvalue weighted by molar-refractivity contribution is 0.319. The Morgan fingerprint density at radius 3 is 2.50 bits per heavy atom. The molecule has 0 aromatic rings. The van der Waals surface area contributed by atoms with Crippen molar-refractivity contribution in [2.24, 2.45) is 0 Å². The van der Waals surface area contributed by atoms with E-state index in [0.717, 1.165) is 0 Å². The molecule has 14 heavy (non-hydrogen) atoms. The van der Waals surface area contributed by atoms with E-state index in [1.54, 1.807) is 13.2 Å². The highest BCUT2D eigenvalue weighted by Crippen LogP contribution is 1.95. The Morgan fingerprint density at radius 2 is 2.07 bits per heavy atom. The Hall–Kier alpha value is 0.0200. The smallest absolute Gasteiger partial charge is 0.214 e. The number of aliphatic hydroxyl groups is 1. The maximum atomic E-state index is 11.1. The third-order valence-electron chi connectivity index (χ3n) is 1.58. The summed E-state index contributed by atoms with van der Waals surface area (Å²) in [4.78, 5) is 0. The largest absolute Gasteiger partial charge is 0.395 e. The zero-order chi connectivity index (χ0) is 11.2. The molecule has 0 aromatic heterocycles. The van der Waals surface area contributed by atoms with Crippen LogP contribution in [-0.2, 0) is 20.8 Å². The van der Waals surface area contributed by atoms with Crippen molar-refractivity contribution in [1.29, 1.82) is 0 Å². The van der Waals surface area contributed by atoms with Gasteiger partial charge in [0.1, 0.15) is 0 Å². The predicted octanol–water partition coefficient (Wildman–Crippen LogP) is -0.945. The third-order valence-corrected chi connectivity index (χ3v) is 3.87. The molecule has 0 aromatic carbocycles. The lowest BCUT2D eigenvalue weighted by Gasteiger charge is -2.12. The second-order valence-electron chi connectivity index (χ2n) is 3.13. The van der Waals surface area contributed by atoms with Crippen LogP contribution >= 0.6 is 0 Å². The maximum Gasteiger partial charge on any atom is 0.214 e. The molecule has 0 rings (SSSR count). The summed E-state index contributed by atoms with van der Waals surface area (Å²) in [6, 6.07) is -0.240. The van der Waals surface area contributed by atoms with E-state index in [1.165, 1.54) is 0 Å². The van der Waals surface area contributed by atoms with E-state index in [0.29, 0.717) is 12.2 Å². The van der Waals surface area contributed by atoms with Crippen LogP contribution in [0.1, 0.15) is 13.3 Å². The lowest BCUT2D eigenvalue weighted by Crippen LogP contribution is -2.36. The summed E-state index contributed by atoms with van der Waals surface area (Å²) in [5, 5.41) is 8.47. The molecule has 7 heteroatoms. The SMILES string of the molecule is CC(CCS(C)=O)NS(=O)(=O)CCO. The van der Waals surface area contributed by atoms with Gasteiger partial charge < -0.3 is 5.11 Å². The molecule has 0 fully saturated rings. The van der Waals surface area contributed by atoms with Crippen molar-refractivity contribution >= 4 is 20.8 Å². The van der Waals surface area contributed by atoms with Crippen LogP contribution in [0.2, 0.25) is 0 Å². The van der Waals surface area contributed by atoms with Crippen molar-refractivity contribution < 1.29 is 17.7 Å². The highest BCUT2D eigenvalue weighted by Gasteiger charge is 2.13. The van der Waals surface area contributed by atoms with Crippen LogP contribution in [0.5, 0.6) is 0 Å². The van der Waals surface area contributed by atoms with E-state index in [9.17, 15) is 12.6 Å². The van der Waals surface area contributed by atoms with Crippen LogP contribution in [-0.4, -0.2) is 48.1 Å². The van der Waals surface area contributed by atoms with Gasteiger partial charge in [-0.05, 0) is 13.3 Å². The van der Waals surface area contributed by atoms with Crippen molar-refractivity contribution in [3.05, 3.63) is 0 Å². The summed E-state index contributed by atoms with van der Waals surface area (Å²) in [5.41, 5.74) is 0. The van der Waals surface area contributed by atoms with Crippen molar-refractivity contribution in [2.45, 2.75) is 19.4 Å². The Kier molecular flexibility index (Phi) is 6.50. The number of sulfonamides is 1. The minimum absolute atomic E-state index is 0.240. The van der Waals surface area contributed by atoms with Gasteiger partial charge in [-0.3, -0.25) is 4.21 Å². The first-order valence-corrected chi connectivity index (χ1v) is 7.66. The first kappa shape index (κ1) is 14.0. The maximum absolute atomic E-state index is 11.1. The Balaban J connectivity index is 3.93. The monoisotopic (exact) mass is 243 g/mol. The minimum Gasteiger partial charge on any atom is -0.395 e. The summed E-state index contributed by atoms with van der Waals surface area (Å²) in [7, 11) is -4.28. The molecule has 0 amide bonds. The van der Waals surface area contributed by atoms with Crippen LogP contribution in [0.4, 0.5) is 0 Å².